The number of fused-ring (bicyclic) bond motifs is 1. The third-order valence-electron chi connectivity index (χ3n) is 3.69. The number of likely N-dealkylation sites (N-methyl/N-ethyl adjacent to an activating group) is 1. The highest BCUT2D eigenvalue weighted by Crippen LogP contribution is 2.33. The minimum absolute atomic E-state index is 0.0341. The molecule has 1 aromatic rings. The van der Waals surface area contributed by atoms with Crippen LogP contribution in [0.3, 0.4) is 0 Å². The summed E-state index contributed by atoms with van der Waals surface area (Å²) < 4.78 is 0. The number of anilines is 2. The molecule has 5 nitrogen and oxygen atoms in total. The Bertz CT molecular complexity index is 449. The average molecular weight is 262 g/mol. The van der Waals surface area contributed by atoms with E-state index in [1.54, 1.807) is 7.05 Å². The van der Waals surface area contributed by atoms with E-state index in [1.807, 2.05) is 12.1 Å². The van der Waals surface area contributed by atoms with Crippen molar-refractivity contribution in [3.05, 3.63) is 24.3 Å². The van der Waals surface area contributed by atoms with E-state index in [2.05, 4.69) is 34.3 Å². The summed E-state index contributed by atoms with van der Waals surface area (Å²) in [6.45, 7) is 2.32. The van der Waals surface area contributed by atoms with Crippen molar-refractivity contribution in [2.45, 2.75) is 12.5 Å². The lowest BCUT2D eigenvalue weighted by molar-refractivity contribution is -0.120. The lowest BCUT2D eigenvalue weighted by Gasteiger charge is -2.41. The summed E-state index contributed by atoms with van der Waals surface area (Å²) in [6.07, 6.45) is 0.436. The van der Waals surface area contributed by atoms with Crippen molar-refractivity contribution in [2.24, 2.45) is 5.73 Å². The molecule has 0 aromatic heterocycles. The molecular weight excluding hydrogens is 240 g/mol. The molecule has 3 N–H and O–H groups in total. The van der Waals surface area contributed by atoms with Crippen molar-refractivity contribution >= 4 is 17.3 Å². The molecule has 0 fully saturated rings. The normalized spacial score (nSPS) is 15.9. The summed E-state index contributed by atoms with van der Waals surface area (Å²) in [5.74, 6) is 0.0341. The second kappa shape index (κ2) is 5.93. The molecule has 1 unspecified atom stereocenters. The number of nitrogens with one attached hydrogen (secondary N) is 1. The van der Waals surface area contributed by atoms with Crippen molar-refractivity contribution in [3.8, 4) is 0 Å². The monoisotopic (exact) mass is 262 g/mol. The number of hydrogen-bond acceptors (Lipinski definition) is 4. The van der Waals surface area contributed by atoms with Crippen LogP contribution in [0.5, 0.6) is 0 Å². The molecule has 0 bridgehead atoms. The van der Waals surface area contributed by atoms with E-state index in [1.165, 1.54) is 5.69 Å². The van der Waals surface area contributed by atoms with Gasteiger partial charge in [-0.2, -0.15) is 0 Å². The van der Waals surface area contributed by atoms with Gasteiger partial charge in [0.05, 0.1) is 17.4 Å². The minimum Gasteiger partial charge on any atom is -0.371 e. The van der Waals surface area contributed by atoms with E-state index in [-0.39, 0.29) is 11.9 Å². The zero-order valence-corrected chi connectivity index (χ0v) is 11.6. The number of rotatable bonds is 4. The van der Waals surface area contributed by atoms with Gasteiger partial charge >= 0.3 is 0 Å². The Morgan fingerprint density at radius 1 is 1.37 bits per heavy atom. The number of carbonyl (C=O) groups excluding carboxylic acids is 1. The molecule has 0 radical (unpaired) electrons. The summed E-state index contributed by atoms with van der Waals surface area (Å²) in [6, 6.07) is 8.31. The van der Waals surface area contributed by atoms with Crippen LogP contribution in [0.2, 0.25) is 0 Å². The number of para-hydroxylation sites is 2. The van der Waals surface area contributed by atoms with Gasteiger partial charge in [0.25, 0.3) is 0 Å². The van der Waals surface area contributed by atoms with Gasteiger partial charge in [0.2, 0.25) is 5.91 Å². The molecule has 0 saturated carbocycles. The quantitative estimate of drug-likeness (QED) is 0.825. The molecule has 1 heterocycles. The molecule has 0 spiro atoms. The van der Waals surface area contributed by atoms with E-state index >= 15 is 0 Å². The standard InChI is InChI=1S/C14H22N4O/c1-16-14(19)9-11(10-15)18-8-7-17(2)12-5-3-4-6-13(12)18/h3-6,11H,7-10,15H2,1-2H3,(H,16,19). The summed E-state index contributed by atoms with van der Waals surface area (Å²) >= 11 is 0. The van der Waals surface area contributed by atoms with Crippen molar-refractivity contribution in [1.82, 2.24) is 5.32 Å². The SMILES string of the molecule is CNC(=O)CC(CN)N1CCN(C)c2ccccc21. The maximum absolute atomic E-state index is 11.6. The van der Waals surface area contributed by atoms with Crippen LogP contribution in [0, 0.1) is 0 Å². The Balaban J connectivity index is 2.25. The van der Waals surface area contributed by atoms with Crippen LogP contribution < -0.4 is 20.9 Å². The fraction of sp³-hybridized carbons (Fsp3) is 0.500. The largest absolute Gasteiger partial charge is 0.371 e. The van der Waals surface area contributed by atoms with E-state index < -0.39 is 0 Å². The lowest BCUT2D eigenvalue weighted by atomic mass is 10.1. The highest BCUT2D eigenvalue weighted by molar-refractivity contribution is 5.78. The molecule has 2 rings (SSSR count). The first-order valence-electron chi connectivity index (χ1n) is 6.64. The topological polar surface area (TPSA) is 61.6 Å². The Kier molecular flexibility index (Phi) is 4.27. The third kappa shape index (κ3) is 2.81. The van der Waals surface area contributed by atoms with Crippen LogP contribution >= 0.6 is 0 Å². The Labute approximate surface area is 114 Å². The number of amides is 1. The molecule has 1 aliphatic heterocycles. The Morgan fingerprint density at radius 3 is 2.68 bits per heavy atom. The zero-order valence-electron chi connectivity index (χ0n) is 11.6. The second-order valence-electron chi connectivity index (χ2n) is 4.87. The van der Waals surface area contributed by atoms with Crippen LogP contribution in [-0.4, -0.2) is 45.7 Å². The van der Waals surface area contributed by atoms with Gasteiger partial charge in [-0.05, 0) is 12.1 Å². The fourth-order valence-corrected chi connectivity index (χ4v) is 2.54. The molecule has 0 saturated heterocycles. The van der Waals surface area contributed by atoms with Crippen LogP contribution in [0.4, 0.5) is 11.4 Å². The highest BCUT2D eigenvalue weighted by Gasteiger charge is 2.26. The van der Waals surface area contributed by atoms with Gasteiger partial charge in [0, 0.05) is 40.2 Å². The van der Waals surface area contributed by atoms with Gasteiger partial charge in [-0.25, -0.2) is 0 Å². The van der Waals surface area contributed by atoms with Crippen LogP contribution in [0.1, 0.15) is 6.42 Å². The summed E-state index contributed by atoms with van der Waals surface area (Å²) in [5.41, 5.74) is 8.22. The van der Waals surface area contributed by atoms with Gasteiger partial charge in [0.1, 0.15) is 0 Å². The summed E-state index contributed by atoms with van der Waals surface area (Å²) in [5, 5.41) is 2.67. The Morgan fingerprint density at radius 2 is 2.05 bits per heavy atom. The molecule has 1 atom stereocenters. The number of hydrogen-bond donors (Lipinski definition) is 2. The first-order valence-corrected chi connectivity index (χ1v) is 6.64. The smallest absolute Gasteiger partial charge is 0.221 e. The Hall–Kier alpha value is -1.75. The molecule has 1 aliphatic rings. The number of benzene rings is 1. The van der Waals surface area contributed by atoms with Crippen molar-refractivity contribution in [1.29, 1.82) is 0 Å². The number of carbonyl (C=O) groups is 1. The maximum atomic E-state index is 11.6. The van der Waals surface area contributed by atoms with Gasteiger partial charge in [0.15, 0.2) is 0 Å². The second-order valence-corrected chi connectivity index (χ2v) is 4.87. The molecule has 104 valence electrons. The van der Waals surface area contributed by atoms with E-state index in [0.29, 0.717) is 13.0 Å². The molecule has 19 heavy (non-hydrogen) atoms. The van der Waals surface area contributed by atoms with E-state index in [4.69, 9.17) is 5.73 Å². The number of nitrogens with two attached hydrogens (primary N) is 1. The van der Waals surface area contributed by atoms with Gasteiger partial charge in [-0.3, -0.25) is 4.79 Å². The zero-order chi connectivity index (χ0) is 13.8. The van der Waals surface area contributed by atoms with Crippen molar-refractivity contribution < 1.29 is 4.79 Å². The van der Waals surface area contributed by atoms with E-state index in [9.17, 15) is 4.79 Å². The molecule has 5 heteroatoms. The molecule has 1 amide bonds. The fourth-order valence-electron chi connectivity index (χ4n) is 2.54. The molecule has 1 aromatic carbocycles. The predicted molar refractivity (Wildman–Crippen MR) is 78.6 cm³/mol. The van der Waals surface area contributed by atoms with Crippen molar-refractivity contribution in [3.63, 3.8) is 0 Å². The van der Waals surface area contributed by atoms with Gasteiger partial charge < -0.3 is 20.9 Å². The first kappa shape index (κ1) is 13.7. The lowest BCUT2D eigenvalue weighted by Crippen LogP contribution is -2.49. The average Bonchev–Trinajstić information content (AvgIpc) is 2.45. The maximum Gasteiger partial charge on any atom is 0.221 e. The molecule has 0 aliphatic carbocycles. The van der Waals surface area contributed by atoms with Crippen LogP contribution in [0.25, 0.3) is 0 Å². The van der Waals surface area contributed by atoms with Crippen molar-refractivity contribution in [2.75, 3.05) is 43.5 Å². The number of nitrogens with zero attached hydrogens (tertiary/aromatic N) is 2. The first-order chi connectivity index (χ1) is 9.17. The van der Waals surface area contributed by atoms with E-state index in [0.717, 1.165) is 18.8 Å². The van der Waals surface area contributed by atoms with Gasteiger partial charge in [-0.15, -0.1) is 0 Å². The highest BCUT2D eigenvalue weighted by atomic mass is 16.1. The van der Waals surface area contributed by atoms with Crippen LogP contribution in [-0.2, 0) is 4.79 Å². The predicted octanol–water partition coefficient (Wildman–Crippen LogP) is 0.406. The van der Waals surface area contributed by atoms with Gasteiger partial charge in [-0.1, -0.05) is 12.1 Å². The summed E-state index contributed by atoms with van der Waals surface area (Å²) in [7, 11) is 3.75. The van der Waals surface area contributed by atoms with Crippen LogP contribution in [0.15, 0.2) is 24.3 Å². The third-order valence-corrected chi connectivity index (χ3v) is 3.69. The molecular formula is C14H22N4O. The summed E-state index contributed by atoms with van der Waals surface area (Å²) in [4.78, 5) is 16.1. The minimum atomic E-state index is 0.0341.